The van der Waals surface area contributed by atoms with Gasteiger partial charge in [-0.2, -0.15) is 9.81 Å². The van der Waals surface area contributed by atoms with E-state index >= 15 is 0 Å². The van der Waals surface area contributed by atoms with Gasteiger partial charge in [0.1, 0.15) is 5.54 Å². The zero-order chi connectivity index (χ0) is 24.1. The van der Waals surface area contributed by atoms with Gasteiger partial charge in [-0.05, 0) is 131 Å². The highest BCUT2D eigenvalue weighted by atomic mass is 16.3. The van der Waals surface area contributed by atoms with Crippen molar-refractivity contribution in [2.45, 2.75) is 135 Å². The van der Waals surface area contributed by atoms with E-state index in [1.807, 2.05) is 0 Å². The largest absolute Gasteiger partial charge is 0.325 e. The fourth-order valence-electron chi connectivity index (χ4n) is 9.22. The third kappa shape index (κ3) is 4.45. The van der Waals surface area contributed by atoms with Crippen LogP contribution >= 0.6 is 0 Å². The average Bonchev–Trinajstić information content (AvgIpc) is 2.99. The molecule has 0 radical (unpaired) electrons. The molecule has 2 N–H and O–H groups in total. The summed E-state index contributed by atoms with van der Waals surface area (Å²) in [6.07, 6.45) is 14.2. The van der Waals surface area contributed by atoms with Gasteiger partial charge in [-0.25, -0.2) is 0 Å². The first kappa shape index (κ1) is 25.3. The molecule has 0 aromatic carbocycles. The highest BCUT2D eigenvalue weighted by molar-refractivity contribution is 5.14. The van der Waals surface area contributed by atoms with Crippen LogP contribution in [0.3, 0.4) is 0 Å². The number of nitrogens with zero attached hydrogens (tertiary/aromatic N) is 2. The zero-order valence-electron chi connectivity index (χ0n) is 21.9. The van der Waals surface area contributed by atoms with Gasteiger partial charge in [-0.3, -0.25) is 0 Å². The van der Waals surface area contributed by atoms with Crippen molar-refractivity contribution >= 4 is 0 Å². The van der Waals surface area contributed by atoms with E-state index in [1.165, 1.54) is 25.7 Å². The Bertz CT molecular complexity index is 743. The van der Waals surface area contributed by atoms with Gasteiger partial charge < -0.3 is 5.73 Å². The predicted molar refractivity (Wildman–Crippen MR) is 136 cm³/mol. The van der Waals surface area contributed by atoms with E-state index in [2.05, 4.69) is 45.0 Å². The Morgan fingerprint density at radius 3 is 2.21 bits per heavy atom. The lowest BCUT2D eigenvalue weighted by Crippen LogP contribution is -2.52. The van der Waals surface area contributed by atoms with Gasteiger partial charge in [0, 0.05) is 5.54 Å². The van der Waals surface area contributed by atoms with E-state index in [1.54, 1.807) is 0 Å². The molecule has 33 heavy (non-hydrogen) atoms. The molecule has 0 spiro atoms. The first-order chi connectivity index (χ1) is 15.5. The van der Waals surface area contributed by atoms with Crippen LogP contribution < -0.4 is 5.73 Å². The van der Waals surface area contributed by atoms with Crippen molar-refractivity contribution < 1.29 is 0 Å². The second-order valence-electron chi connectivity index (χ2n) is 14.0. The normalized spacial score (nSPS) is 48.3. The number of hydrogen-bond acceptors (Lipinski definition) is 5. The number of nitrogens with two attached hydrogens (primary N) is 1. The molecule has 5 nitrogen and oxygen atoms in total. The maximum atomic E-state index is 11.7. The van der Waals surface area contributed by atoms with E-state index in [9.17, 15) is 9.81 Å². The molecule has 9 atom stereocenters. The van der Waals surface area contributed by atoms with Crippen LogP contribution in [0.5, 0.6) is 0 Å². The first-order valence-corrected chi connectivity index (χ1v) is 13.9. The summed E-state index contributed by atoms with van der Waals surface area (Å²) in [5.74, 6) is 2.92. The summed E-state index contributed by atoms with van der Waals surface area (Å²) in [6.45, 7) is 11.6. The van der Waals surface area contributed by atoms with Crippen molar-refractivity contribution in [1.82, 2.24) is 0 Å². The Morgan fingerprint density at radius 2 is 1.55 bits per heavy atom. The minimum atomic E-state index is -0.389. The summed E-state index contributed by atoms with van der Waals surface area (Å²) < 4.78 is 0. The Kier molecular flexibility index (Phi) is 6.88. The van der Waals surface area contributed by atoms with Crippen LogP contribution in [0.25, 0.3) is 0 Å². The fraction of sp³-hybridized carbons (Fsp3) is 1.00. The van der Waals surface area contributed by atoms with Crippen LogP contribution in [0.4, 0.5) is 0 Å². The molecular formula is C28H49N3O2. The molecule has 2 bridgehead atoms. The monoisotopic (exact) mass is 459 g/mol. The molecule has 0 aromatic rings. The van der Waals surface area contributed by atoms with E-state index < -0.39 is 0 Å². The molecule has 4 rings (SSSR count). The van der Waals surface area contributed by atoms with E-state index in [0.717, 1.165) is 57.8 Å². The van der Waals surface area contributed by atoms with Gasteiger partial charge >= 0.3 is 0 Å². The lowest BCUT2D eigenvalue weighted by Gasteiger charge is -2.50. The molecule has 4 fully saturated rings. The smallest absolute Gasteiger partial charge is 0.100 e. The number of hydrogen-bond donors (Lipinski definition) is 1. The van der Waals surface area contributed by atoms with Crippen molar-refractivity contribution in [3.63, 3.8) is 0 Å². The Labute approximate surface area is 201 Å². The van der Waals surface area contributed by atoms with Crippen molar-refractivity contribution in [2.24, 2.45) is 56.5 Å². The summed E-state index contributed by atoms with van der Waals surface area (Å²) in [5, 5.41) is 7.16. The summed E-state index contributed by atoms with van der Waals surface area (Å²) in [5.41, 5.74) is 7.44. The highest BCUT2D eigenvalue weighted by Crippen LogP contribution is 2.66. The maximum absolute atomic E-state index is 11.7. The Morgan fingerprint density at radius 1 is 0.848 bits per heavy atom. The molecule has 5 heteroatoms. The summed E-state index contributed by atoms with van der Waals surface area (Å²) in [4.78, 5) is 23.3. The van der Waals surface area contributed by atoms with Crippen LogP contribution in [0.2, 0.25) is 0 Å². The molecular weight excluding hydrogens is 410 g/mol. The maximum Gasteiger partial charge on any atom is 0.100 e. The fourth-order valence-corrected chi connectivity index (χ4v) is 9.22. The molecule has 8 unspecified atom stereocenters. The minimum Gasteiger partial charge on any atom is -0.325 e. The van der Waals surface area contributed by atoms with Gasteiger partial charge in [0.25, 0.3) is 0 Å². The van der Waals surface area contributed by atoms with Gasteiger partial charge in [-0.15, -0.1) is 0 Å². The topological polar surface area (TPSA) is 84.9 Å². The van der Waals surface area contributed by atoms with Crippen LogP contribution in [0, 0.1) is 50.2 Å². The van der Waals surface area contributed by atoms with Crippen molar-refractivity contribution in [1.29, 1.82) is 0 Å². The quantitative estimate of drug-likeness (QED) is 0.398. The molecule has 0 amide bonds. The number of fused-ring (bicyclic) bond motifs is 6. The summed E-state index contributed by atoms with van der Waals surface area (Å²) in [7, 11) is 0. The molecule has 0 saturated heterocycles. The lowest BCUT2D eigenvalue weighted by atomic mass is 9.55. The second kappa shape index (κ2) is 8.99. The molecule has 0 heterocycles. The highest BCUT2D eigenvalue weighted by Gasteiger charge is 2.61. The number of nitroso groups, excluding NO2 is 2. The average molecular weight is 460 g/mol. The van der Waals surface area contributed by atoms with Gasteiger partial charge in [-0.1, -0.05) is 38.0 Å². The van der Waals surface area contributed by atoms with Crippen molar-refractivity contribution in [3.8, 4) is 0 Å². The van der Waals surface area contributed by atoms with Crippen LogP contribution in [0.1, 0.15) is 118 Å². The minimum absolute atomic E-state index is 0.0409. The van der Waals surface area contributed by atoms with E-state index in [4.69, 9.17) is 5.73 Å². The first-order valence-electron chi connectivity index (χ1n) is 13.9. The van der Waals surface area contributed by atoms with Gasteiger partial charge in [0.2, 0.25) is 0 Å². The SMILES string of the molecule is CC(C)CCC(CC1CCC2C3(N)CCC4C[C@@](C)(N=O)CCC4(C)C(CCC12C)C3)N=O. The molecule has 0 aliphatic heterocycles. The third-order valence-electron chi connectivity index (χ3n) is 11.6. The molecule has 0 aromatic heterocycles. The summed E-state index contributed by atoms with van der Waals surface area (Å²) in [6, 6.07) is -0.0409. The number of rotatable bonds is 7. The van der Waals surface area contributed by atoms with Crippen molar-refractivity contribution in [3.05, 3.63) is 9.81 Å². The predicted octanol–water partition coefficient (Wildman–Crippen LogP) is 7.60. The Balaban J connectivity index is 1.56. The molecule has 4 aliphatic carbocycles. The second-order valence-corrected chi connectivity index (χ2v) is 14.0. The van der Waals surface area contributed by atoms with Gasteiger partial charge in [0.15, 0.2) is 0 Å². The van der Waals surface area contributed by atoms with E-state index in [-0.39, 0.29) is 27.9 Å². The summed E-state index contributed by atoms with van der Waals surface area (Å²) >= 11 is 0. The Hall–Kier alpha value is -0.840. The van der Waals surface area contributed by atoms with Crippen LogP contribution in [0.15, 0.2) is 10.4 Å². The van der Waals surface area contributed by atoms with Crippen LogP contribution in [-0.2, 0) is 0 Å². The molecule has 188 valence electrons. The van der Waals surface area contributed by atoms with Crippen molar-refractivity contribution in [2.75, 3.05) is 0 Å². The van der Waals surface area contributed by atoms with E-state index in [0.29, 0.717) is 29.6 Å². The van der Waals surface area contributed by atoms with Gasteiger partial charge in [0.05, 0.1) is 6.04 Å². The lowest BCUT2D eigenvalue weighted by molar-refractivity contribution is 0.00761. The zero-order valence-corrected chi connectivity index (χ0v) is 21.9. The van der Waals surface area contributed by atoms with Crippen LogP contribution in [-0.4, -0.2) is 17.1 Å². The molecule has 4 aliphatic rings. The molecule has 4 saturated carbocycles. The standard InChI is InChI=1S/C28H49N3O2/c1-19(2)6-8-23(30-32)16-20-7-9-24-27(20,5)12-10-22-18-28(24,29)13-11-21-17-25(3,31-33)14-15-26(21,22)4/h19-24H,6-18,29H2,1-5H3/t20?,21?,22?,23?,24?,25-,26?,27?,28?/m0/s1. The third-order valence-corrected chi connectivity index (χ3v) is 11.6.